The maximum atomic E-state index is 10.4. The van der Waals surface area contributed by atoms with Gasteiger partial charge in [-0.3, -0.25) is 10.1 Å². The monoisotopic (exact) mass is 211 g/mol. The van der Waals surface area contributed by atoms with Gasteiger partial charge in [0.15, 0.2) is 0 Å². The third-order valence-corrected chi connectivity index (χ3v) is 1.74. The molecule has 0 N–H and O–H groups in total. The summed E-state index contributed by atoms with van der Waals surface area (Å²) < 4.78 is 5.03. The van der Waals surface area contributed by atoms with E-state index >= 15 is 0 Å². The highest BCUT2D eigenvalue weighted by molar-refractivity contribution is 6.32. The Morgan fingerprint density at radius 1 is 1.64 bits per heavy atom. The van der Waals surface area contributed by atoms with Crippen molar-refractivity contribution in [3.05, 3.63) is 33.3 Å². The van der Waals surface area contributed by atoms with E-state index in [9.17, 15) is 10.1 Å². The van der Waals surface area contributed by atoms with Crippen molar-refractivity contribution in [2.24, 2.45) is 0 Å². The number of benzene rings is 1. The number of nitro benzene ring substituents is 1. The van der Waals surface area contributed by atoms with Crippen molar-refractivity contribution in [3.8, 4) is 18.1 Å². The second-order valence-corrected chi connectivity index (χ2v) is 2.77. The van der Waals surface area contributed by atoms with E-state index in [4.69, 9.17) is 22.8 Å². The largest absolute Gasteiger partial charge is 0.481 e. The van der Waals surface area contributed by atoms with Gasteiger partial charge in [-0.05, 0) is 6.07 Å². The fourth-order valence-electron chi connectivity index (χ4n) is 0.850. The molecule has 0 bridgehead atoms. The van der Waals surface area contributed by atoms with Gasteiger partial charge in [0.1, 0.15) is 17.4 Å². The molecule has 4 nitrogen and oxygen atoms in total. The molecule has 0 aliphatic heterocycles. The Labute approximate surface area is 85.6 Å². The third kappa shape index (κ3) is 2.38. The van der Waals surface area contributed by atoms with Gasteiger partial charge in [-0.1, -0.05) is 17.5 Å². The first-order chi connectivity index (χ1) is 6.65. The SMILES string of the molecule is C#CCOc1ccc([N+](=O)[O-])c(Cl)c1. The van der Waals surface area contributed by atoms with E-state index in [0.29, 0.717) is 5.75 Å². The lowest BCUT2D eigenvalue weighted by Crippen LogP contribution is -1.94. The smallest absolute Gasteiger partial charge is 0.288 e. The van der Waals surface area contributed by atoms with Crippen molar-refractivity contribution >= 4 is 17.3 Å². The van der Waals surface area contributed by atoms with Crippen molar-refractivity contribution in [2.75, 3.05) is 6.61 Å². The molecule has 0 aliphatic carbocycles. The van der Waals surface area contributed by atoms with Gasteiger partial charge < -0.3 is 4.74 Å². The molecule has 1 aromatic carbocycles. The number of rotatable bonds is 3. The molecule has 0 aliphatic rings. The van der Waals surface area contributed by atoms with E-state index in [0.717, 1.165) is 0 Å². The topological polar surface area (TPSA) is 52.4 Å². The van der Waals surface area contributed by atoms with Gasteiger partial charge in [-0.15, -0.1) is 6.42 Å². The van der Waals surface area contributed by atoms with Crippen LogP contribution in [-0.2, 0) is 0 Å². The average Bonchev–Trinajstić information content (AvgIpc) is 2.14. The molecule has 5 heteroatoms. The molecule has 1 aromatic rings. The first-order valence-corrected chi connectivity index (χ1v) is 4.03. The van der Waals surface area contributed by atoms with Crippen LogP contribution in [0.4, 0.5) is 5.69 Å². The molecule has 0 heterocycles. The van der Waals surface area contributed by atoms with Crippen LogP contribution in [0.25, 0.3) is 0 Å². The van der Waals surface area contributed by atoms with Crippen LogP contribution < -0.4 is 4.74 Å². The standard InChI is InChI=1S/C9H6ClNO3/c1-2-5-14-7-3-4-9(11(12)13)8(10)6-7/h1,3-4,6H,5H2. The fourth-order valence-corrected chi connectivity index (χ4v) is 1.09. The van der Waals surface area contributed by atoms with Crippen LogP contribution in [0.1, 0.15) is 0 Å². The molecule has 0 spiro atoms. The van der Waals surface area contributed by atoms with Crippen LogP contribution in [0.3, 0.4) is 0 Å². The van der Waals surface area contributed by atoms with Gasteiger partial charge in [0, 0.05) is 12.1 Å². The lowest BCUT2D eigenvalue weighted by Gasteiger charge is -2.02. The zero-order chi connectivity index (χ0) is 10.6. The first kappa shape index (κ1) is 10.4. The summed E-state index contributed by atoms with van der Waals surface area (Å²) in [5, 5.41) is 10.4. The van der Waals surface area contributed by atoms with E-state index < -0.39 is 4.92 Å². The summed E-state index contributed by atoms with van der Waals surface area (Å²) in [6, 6.07) is 4.08. The van der Waals surface area contributed by atoms with Gasteiger partial charge in [-0.2, -0.15) is 0 Å². The molecule has 0 saturated carbocycles. The number of hydrogen-bond acceptors (Lipinski definition) is 3. The molecule has 0 radical (unpaired) electrons. The van der Waals surface area contributed by atoms with E-state index in [1.807, 2.05) is 0 Å². The summed E-state index contributed by atoms with van der Waals surface area (Å²) >= 11 is 5.63. The maximum Gasteiger partial charge on any atom is 0.288 e. The lowest BCUT2D eigenvalue weighted by molar-refractivity contribution is -0.384. The van der Waals surface area contributed by atoms with Crippen molar-refractivity contribution in [1.82, 2.24) is 0 Å². The molecule has 1 rings (SSSR count). The Morgan fingerprint density at radius 2 is 2.36 bits per heavy atom. The third-order valence-electron chi connectivity index (χ3n) is 1.44. The van der Waals surface area contributed by atoms with Gasteiger partial charge in [0.25, 0.3) is 5.69 Å². The predicted octanol–water partition coefficient (Wildman–Crippen LogP) is 2.26. The minimum Gasteiger partial charge on any atom is -0.481 e. The molecule has 14 heavy (non-hydrogen) atoms. The number of halogens is 1. The molecule has 0 fully saturated rings. The number of ether oxygens (including phenoxy) is 1. The minimum atomic E-state index is -0.562. The van der Waals surface area contributed by atoms with Crippen LogP contribution in [0.5, 0.6) is 5.75 Å². The van der Waals surface area contributed by atoms with Crippen LogP contribution in [0, 0.1) is 22.5 Å². The molecule has 0 amide bonds. The zero-order valence-electron chi connectivity index (χ0n) is 7.07. The summed E-state index contributed by atoms with van der Waals surface area (Å²) in [6.45, 7) is 0.105. The Bertz CT molecular complexity index is 398. The second kappa shape index (κ2) is 4.49. The summed E-state index contributed by atoms with van der Waals surface area (Å²) in [7, 11) is 0. The van der Waals surface area contributed by atoms with Gasteiger partial charge >= 0.3 is 0 Å². The molecule has 0 atom stereocenters. The van der Waals surface area contributed by atoms with E-state index in [2.05, 4.69) is 5.92 Å². The first-order valence-electron chi connectivity index (χ1n) is 3.65. The molecule has 0 aromatic heterocycles. The van der Waals surface area contributed by atoms with Crippen LogP contribution in [0.15, 0.2) is 18.2 Å². The van der Waals surface area contributed by atoms with Crippen LogP contribution in [0.2, 0.25) is 5.02 Å². The van der Waals surface area contributed by atoms with E-state index in [-0.39, 0.29) is 17.3 Å². The predicted molar refractivity (Wildman–Crippen MR) is 52.4 cm³/mol. The minimum absolute atomic E-state index is 0.0320. The summed E-state index contributed by atoms with van der Waals surface area (Å²) in [5.41, 5.74) is -0.153. The van der Waals surface area contributed by atoms with Crippen molar-refractivity contribution in [1.29, 1.82) is 0 Å². The van der Waals surface area contributed by atoms with E-state index in [1.54, 1.807) is 0 Å². The second-order valence-electron chi connectivity index (χ2n) is 2.36. The Morgan fingerprint density at radius 3 is 2.86 bits per heavy atom. The average molecular weight is 212 g/mol. The van der Waals surface area contributed by atoms with Gasteiger partial charge in [-0.25, -0.2) is 0 Å². The van der Waals surface area contributed by atoms with Crippen molar-refractivity contribution in [2.45, 2.75) is 0 Å². The highest BCUT2D eigenvalue weighted by Gasteiger charge is 2.12. The Balaban J connectivity index is 2.90. The number of hydrogen-bond donors (Lipinski definition) is 0. The Hall–Kier alpha value is -1.73. The Kier molecular flexibility index (Phi) is 3.32. The molecule has 72 valence electrons. The summed E-state index contributed by atoms with van der Waals surface area (Å²) in [6.07, 6.45) is 4.98. The molecule has 0 saturated heterocycles. The van der Waals surface area contributed by atoms with E-state index in [1.165, 1.54) is 18.2 Å². The normalized spacial score (nSPS) is 9.14. The number of terminal acetylenes is 1. The summed E-state index contributed by atoms with van der Waals surface area (Å²) in [4.78, 5) is 9.83. The molecule has 0 unspecified atom stereocenters. The quantitative estimate of drug-likeness (QED) is 0.438. The lowest BCUT2D eigenvalue weighted by atomic mass is 10.3. The number of nitro groups is 1. The molecular weight excluding hydrogens is 206 g/mol. The fraction of sp³-hybridized carbons (Fsp3) is 0.111. The van der Waals surface area contributed by atoms with Crippen molar-refractivity contribution in [3.63, 3.8) is 0 Å². The zero-order valence-corrected chi connectivity index (χ0v) is 7.82. The highest BCUT2D eigenvalue weighted by atomic mass is 35.5. The van der Waals surface area contributed by atoms with Crippen LogP contribution >= 0.6 is 11.6 Å². The summed E-state index contributed by atoms with van der Waals surface area (Å²) in [5.74, 6) is 2.69. The van der Waals surface area contributed by atoms with Crippen LogP contribution in [-0.4, -0.2) is 11.5 Å². The highest BCUT2D eigenvalue weighted by Crippen LogP contribution is 2.28. The number of nitrogens with zero attached hydrogens (tertiary/aromatic N) is 1. The maximum absolute atomic E-state index is 10.4. The van der Waals surface area contributed by atoms with Gasteiger partial charge in [0.2, 0.25) is 0 Å². The van der Waals surface area contributed by atoms with Crippen molar-refractivity contribution < 1.29 is 9.66 Å². The molecular formula is C9H6ClNO3. The van der Waals surface area contributed by atoms with Gasteiger partial charge in [0.05, 0.1) is 4.92 Å².